The molecule has 0 spiro atoms. The summed E-state index contributed by atoms with van der Waals surface area (Å²) in [4.78, 5) is 12.4. The molecule has 2 bridgehead atoms. The third kappa shape index (κ3) is 3.73. The van der Waals surface area contributed by atoms with E-state index in [0.29, 0.717) is 19.3 Å². The number of benzene rings is 1. The van der Waals surface area contributed by atoms with Crippen LogP contribution in [0.3, 0.4) is 0 Å². The summed E-state index contributed by atoms with van der Waals surface area (Å²) < 4.78 is 69.8. The summed E-state index contributed by atoms with van der Waals surface area (Å²) >= 11 is 0. The lowest BCUT2D eigenvalue weighted by Gasteiger charge is -2.33. The Morgan fingerprint density at radius 2 is 1.96 bits per heavy atom. The third-order valence-corrected chi connectivity index (χ3v) is 7.16. The van der Waals surface area contributed by atoms with Crippen LogP contribution in [-0.2, 0) is 26.1 Å². The first-order valence-electron chi connectivity index (χ1n) is 9.20. The molecule has 0 aromatic heterocycles. The Kier molecular flexibility index (Phi) is 5.42. The smallest absolute Gasteiger partial charge is 0.469 e. The lowest BCUT2D eigenvalue weighted by molar-refractivity contribution is -0.156. The van der Waals surface area contributed by atoms with E-state index in [1.165, 1.54) is 19.2 Å². The number of hydrogen-bond donors (Lipinski definition) is 0. The Balaban J connectivity index is 1.92. The molecule has 0 N–H and O–H groups in total. The molecule has 2 aliphatic carbocycles. The zero-order valence-corrected chi connectivity index (χ0v) is 16.5. The highest BCUT2D eigenvalue weighted by Crippen LogP contribution is 2.50. The molecule has 9 heteroatoms. The van der Waals surface area contributed by atoms with Crippen LogP contribution in [0.15, 0.2) is 18.2 Å². The van der Waals surface area contributed by atoms with E-state index in [4.69, 9.17) is 4.74 Å². The van der Waals surface area contributed by atoms with Crippen LogP contribution in [-0.4, -0.2) is 27.0 Å². The summed E-state index contributed by atoms with van der Waals surface area (Å²) in [5.74, 6) is -0.451. The fourth-order valence-corrected chi connectivity index (χ4v) is 5.05. The number of rotatable bonds is 3. The van der Waals surface area contributed by atoms with Gasteiger partial charge in [-0.05, 0) is 74.1 Å². The molecule has 3 rings (SSSR count). The van der Waals surface area contributed by atoms with Crippen molar-refractivity contribution in [1.29, 1.82) is 0 Å². The number of halogens is 3. The maximum Gasteiger partial charge on any atom is 0.534 e. The van der Waals surface area contributed by atoms with Crippen molar-refractivity contribution >= 4 is 16.1 Å². The molecule has 0 aliphatic heterocycles. The van der Waals surface area contributed by atoms with Crippen molar-refractivity contribution in [2.45, 2.75) is 56.9 Å². The maximum absolute atomic E-state index is 12.6. The van der Waals surface area contributed by atoms with E-state index in [1.54, 1.807) is 6.07 Å². The van der Waals surface area contributed by atoms with Gasteiger partial charge in [-0.25, -0.2) is 0 Å². The molecule has 28 heavy (non-hydrogen) atoms. The van der Waals surface area contributed by atoms with Crippen molar-refractivity contribution in [2.75, 3.05) is 7.11 Å². The number of aryl methyl sites for hydroxylation is 1. The van der Waals surface area contributed by atoms with Gasteiger partial charge in [-0.2, -0.15) is 21.6 Å². The van der Waals surface area contributed by atoms with Gasteiger partial charge in [0.05, 0.1) is 12.5 Å². The number of carbonyl (C=O) groups excluding carboxylic acids is 1. The lowest BCUT2D eigenvalue weighted by atomic mass is 9.71. The topological polar surface area (TPSA) is 69.7 Å². The predicted octanol–water partition coefficient (Wildman–Crippen LogP) is 4.31. The van der Waals surface area contributed by atoms with Gasteiger partial charge in [0.2, 0.25) is 0 Å². The summed E-state index contributed by atoms with van der Waals surface area (Å²) in [5.41, 5.74) is -4.30. The van der Waals surface area contributed by atoms with E-state index in [2.05, 4.69) is 4.18 Å². The van der Waals surface area contributed by atoms with Gasteiger partial charge in [0, 0.05) is 0 Å². The van der Waals surface area contributed by atoms with Gasteiger partial charge in [-0.1, -0.05) is 12.5 Å². The van der Waals surface area contributed by atoms with Crippen LogP contribution in [0.25, 0.3) is 0 Å². The molecular formula is C19H23F3O5S. The number of ether oxygens (including phenoxy) is 1. The molecule has 5 nitrogen and oxygen atoms in total. The molecular weight excluding hydrogens is 397 g/mol. The molecule has 156 valence electrons. The minimum absolute atomic E-state index is 0.0334. The first-order chi connectivity index (χ1) is 13.0. The highest BCUT2D eigenvalue weighted by atomic mass is 32.2. The molecule has 0 radical (unpaired) electrons. The summed E-state index contributed by atoms with van der Waals surface area (Å²) in [5, 5.41) is 0. The third-order valence-electron chi connectivity index (χ3n) is 6.18. The van der Waals surface area contributed by atoms with Crippen LogP contribution < -0.4 is 4.18 Å². The average molecular weight is 420 g/mol. The average Bonchev–Trinajstić information content (AvgIpc) is 2.90. The van der Waals surface area contributed by atoms with Gasteiger partial charge in [0.25, 0.3) is 0 Å². The second kappa shape index (κ2) is 7.24. The summed E-state index contributed by atoms with van der Waals surface area (Å²) in [6.45, 7) is 1.92. The molecule has 1 aromatic rings. The summed E-state index contributed by atoms with van der Waals surface area (Å²) in [6, 6.07) is 4.29. The van der Waals surface area contributed by atoms with Gasteiger partial charge in [0.15, 0.2) is 0 Å². The van der Waals surface area contributed by atoms with Gasteiger partial charge < -0.3 is 8.92 Å². The van der Waals surface area contributed by atoms with Crippen LogP contribution in [0.1, 0.15) is 56.1 Å². The van der Waals surface area contributed by atoms with E-state index in [9.17, 15) is 26.4 Å². The van der Waals surface area contributed by atoms with Gasteiger partial charge in [0.1, 0.15) is 5.75 Å². The quantitative estimate of drug-likeness (QED) is 0.414. The fraction of sp³-hybridized carbons (Fsp3) is 0.632. The molecule has 0 saturated heterocycles. The Morgan fingerprint density at radius 3 is 2.61 bits per heavy atom. The van der Waals surface area contributed by atoms with Gasteiger partial charge >= 0.3 is 21.6 Å². The van der Waals surface area contributed by atoms with Gasteiger partial charge in [-0.15, -0.1) is 0 Å². The van der Waals surface area contributed by atoms with Crippen molar-refractivity contribution < 1.29 is 35.3 Å². The number of alkyl halides is 3. The van der Waals surface area contributed by atoms with Crippen molar-refractivity contribution in [2.24, 2.45) is 11.3 Å². The standard InChI is InChI=1S/C19H23F3O5S/c1-18(17(23)26-2)9-3-4-13-10-14(18)7-5-12-6-8-15(11-16(12)13)27-28(24,25)19(20,21)22/h6,8,11,13-14H,3-5,7,9-10H2,1-2H3/t13-,14-,18+/m1/s1. The first kappa shape index (κ1) is 21.0. The van der Waals surface area contributed by atoms with E-state index in [-0.39, 0.29) is 23.6 Å². The number of carbonyl (C=O) groups is 1. The minimum Gasteiger partial charge on any atom is -0.469 e. The molecule has 0 heterocycles. The van der Waals surface area contributed by atoms with Crippen molar-refractivity contribution in [3.8, 4) is 5.75 Å². The number of esters is 1. The van der Waals surface area contributed by atoms with E-state index >= 15 is 0 Å². The largest absolute Gasteiger partial charge is 0.534 e. The lowest BCUT2D eigenvalue weighted by Crippen LogP contribution is -2.36. The van der Waals surface area contributed by atoms with Crippen molar-refractivity contribution in [3.63, 3.8) is 0 Å². The molecule has 3 atom stereocenters. The first-order valence-corrected chi connectivity index (χ1v) is 10.6. The van der Waals surface area contributed by atoms with Gasteiger partial charge in [-0.3, -0.25) is 4.79 Å². The Morgan fingerprint density at radius 1 is 1.25 bits per heavy atom. The Labute approximate surface area is 162 Å². The minimum atomic E-state index is -5.71. The maximum atomic E-state index is 12.6. The Hall–Kier alpha value is -1.77. The van der Waals surface area contributed by atoms with Crippen LogP contribution in [0, 0.1) is 11.3 Å². The molecule has 1 fully saturated rings. The normalized spacial score (nSPS) is 27.9. The molecule has 0 unspecified atom stereocenters. The molecule has 0 amide bonds. The van der Waals surface area contributed by atoms with Crippen LogP contribution in [0.2, 0.25) is 0 Å². The number of methoxy groups -OCH3 is 1. The summed E-state index contributed by atoms with van der Waals surface area (Å²) in [6.07, 6.45) is 4.36. The zero-order valence-electron chi connectivity index (χ0n) is 15.7. The van der Waals surface area contributed by atoms with Crippen molar-refractivity contribution in [1.82, 2.24) is 0 Å². The SMILES string of the molecule is COC(=O)[C@@]1(C)CCC[C@@H]2C[C@H]1CCc1ccc(OS(=O)(=O)C(F)(F)F)cc12. The monoisotopic (exact) mass is 420 g/mol. The molecule has 2 aliphatic rings. The van der Waals surface area contributed by atoms with E-state index in [1.807, 2.05) is 6.92 Å². The molecule has 1 saturated carbocycles. The number of fused-ring (bicyclic) bond motifs is 4. The van der Waals surface area contributed by atoms with E-state index in [0.717, 1.165) is 30.4 Å². The highest BCUT2D eigenvalue weighted by molar-refractivity contribution is 7.88. The van der Waals surface area contributed by atoms with Crippen molar-refractivity contribution in [3.05, 3.63) is 29.3 Å². The highest BCUT2D eigenvalue weighted by Gasteiger charge is 2.49. The Bertz CT molecular complexity index is 865. The zero-order chi connectivity index (χ0) is 20.7. The number of hydrogen-bond acceptors (Lipinski definition) is 5. The summed E-state index contributed by atoms with van der Waals surface area (Å²) in [7, 11) is -4.33. The fourth-order valence-electron chi connectivity index (χ4n) is 4.60. The second-order valence-corrected chi connectivity index (χ2v) is 9.35. The van der Waals surface area contributed by atoms with Crippen LogP contribution in [0.5, 0.6) is 5.75 Å². The van der Waals surface area contributed by atoms with E-state index < -0.39 is 21.0 Å². The van der Waals surface area contributed by atoms with Crippen LogP contribution in [0.4, 0.5) is 13.2 Å². The second-order valence-electron chi connectivity index (χ2n) is 7.81. The predicted molar refractivity (Wildman–Crippen MR) is 95.2 cm³/mol. The van der Waals surface area contributed by atoms with Crippen LogP contribution >= 0.6 is 0 Å². The molecule has 1 aromatic carbocycles.